The Bertz CT molecular complexity index is 1090. The fourth-order valence-electron chi connectivity index (χ4n) is 3.24. The van der Waals surface area contributed by atoms with E-state index in [-0.39, 0.29) is 18.8 Å². The molecule has 0 bridgehead atoms. The fraction of sp³-hybridized carbons (Fsp3) is 0.278. The molecule has 0 fully saturated rings. The number of carbonyl (C=O) groups is 1. The summed E-state index contributed by atoms with van der Waals surface area (Å²) < 4.78 is 4.65. The van der Waals surface area contributed by atoms with E-state index in [4.69, 9.17) is 0 Å². The molecule has 0 radical (unpaired) electrons. The van der Waals surface area contributed by atoms with Crippen molar-refractivity contribution in [2.45, 2.75) is 25.8 Å². The highest BCUT2D eigenvalue weighted by molar-refractivity contribution is 7.03. The van der Waals surface area contributed by atoms with E-state index in [1.54, 1.807) is 0 Å². The topological polar surface area (TPSA) is 122 Å². The lowest BCUT2D eigenvalue weighted by Gasteiger charge is -2.10. The minimum absolute atomic E-state index is 0.0522. The minimum Gasteiger partial charge on any atom is -0.349 e. The van der Waals surface area contributed by atoms with Gasteiger partial charge in [0.2, 0.25) is 0 Å². The molecule has 1 aliphatic carbocycles. The molecule has 1 amide bonds. The van der Waals surface area contributed by atoms with Crippen LogP contribution in [0.5, 0.6) is 0 Å². The van der Waals surface area contributed by atoms with Gasteiger partial charge in [-0.3, -0.25) is 19.1 Å². The van der Waals surface area contributed by atoms with Crippen LogP contribution in [0.1, 0.15) is 28.0 Å². The summed E-state index contributed by atoms with van der Waals surface area (Å²) in [6.07, 6.45) is 3.30. The number of rotatable bonds is 6. The smallest absolute Gasteiger partial charge is 0.329 e. The highest BCUT2D eigenvalue weighted by atomic mass is 32.1. The second-order valence-electron chi connectivity index (χ2n) is 6.49. The number of carbonyl (C=O) groups excluding carboxylic acids is 1. The predicted octanol–water partition coefficient (Wildman–Crippen LogP) is 1.05. The first kappa shape index (κ1) is 18.1. The molecule has 1 aromatic carbocycles. The van der Waals surface area contributed by atoms with Gasteiger partial charge in [-0.05, 0) is 54.1 Å². The molecule has 4 rings (SSSR count). The maximum Gasteiger partial charge on any atom is 0.329 e. The van der Waals surface area contributed by atoms with E-state index in [1.165, 1.54) is 22.6 Å². The highest BCUT2D eigenvalue weighted by Crippen LogP contribution is 2.25. The lowest BCUT2D eigenvalue weighted by Crippen LogP contribution is -2.39. The van der Waals surface area contributed by atoms with Crippen LogP contribution in [0.4, 0.5) is 11.5 Å². The van der Waals surface area contributed by atoms with Crippen LogP contribution in [0.25, 0.3) is 0 Å². The summed E-state index contributed by atoms with van der Waals surface area (Å²) in [6.45, 7) is 0.174. The summed E-state index contributed by atoms with van der Waals surface area (Å²) in [5.41, 5.74) is 2.70. The summed E-state index contributed by atoms with van der Waals surface area (Å²) in [5.74, 6) is -0.0603. The van der Waals surface area contributed by atoms with Gasteiger partial charge in [-0.1, -0.05) is 10.6 Å². The Balaban J connectivity index is 1.42. The summed E-state index contributed by atoms with van der Waals surface area (Å²) >= 11 is 1.07. The Hall–Kier alpha value is -3.27. The van der Waals surface area contributed by atoms with Crippen molar-refractivity contribution in [1.29, 1.82) is 0 Å². The molecule has 2 aromatic heterocycles. The first-order chi connectivity index (χ1) is 13.6. The number of nitrogens with zero attached hydrogens (tertiary/aromatic N) is 3. The number of aromatic amines is 1. The Morgan fingerprint density at radius 3 is 2.86 bits per heavy atom. The van der Waals surface area contributed by atoms with E-state index in [9.17, 15) is 14.4 Å². The molecule has 144 valence electrons. The van der Waals surface area contributed by atoms with Crippen molar-refractivity contribution >= 4 is 28.9 Å². The molecule has 3 N–H and O–H groups in total. The van der Waals surface area contributed by atoms with Gasteiger partial charge in [-0.2, -0.15) is 0 Å². The van der Waals surface area contributed by atoms with Crippen molar-refractivity contribution in [2.75, 3.05) is 11.9 Å². The third-order valence-electron chi connectivity index (χ3n) is 4.61. The number of hydrogen-bond acceptors (Lipinski definition) is 7. The van der Waals surface area contributed by atoms with E-state index in [1.807, 2.05) is 6.07 Å². The molecule has 0 aliphatic heterocycles. The SMILES string of the molecule is O=C(NCCn1c(=O)cc(Nc2ccc3c(c2)CCC3)[nH]c1=O)c1csnn1. The quantitative estimate of drug-likeness (QED) is 0.571. The van der Waals surface area contributed by atoms with E-state index in [0.29, 0.717) is 5.82 Å². The average molecular weight is 398 g/mol. The molecule has 0 unspecified atom stereocenters. The zero-order chi connectivity index (χ0) is 19.5. The van der Waals surface area contributed by atoms with E-state index in [0.717, 1.165) is 41.0 Å². The van der Waals surface area contributed by atoms with E-state index >= 15 is 0 Å². The van der Waals surface area contributed by atoms with Crippen molar-refractivity contribution in [2.24, 2.45) is 0 Å². The van der Waals surface area contributed by atoms with Crippen LogP contribution in [-0.4, -0.2) is 31.6 Å². The third kappa shape index (κ3) is 3.86. The first-order valence-corrected chi connectivity index (χ1v) is 9.72. The monoisotopic (exact) mass is 398 g/mol. The van der Waals surface area contributed by atoms with Crippen molar-refractivity contribution in [3.63, 3.8) is 0 Å². The van der Waals surface area contributed by atoms with Crippen molar-refractivity contribution in [3.8, 4) is 0 Å². The third-order valence-corrected chi connectivity index (χ3v) is 5.12. The number of amides is 1. The van der Waals surface area contributed by atoms with Gasteiger partial charge in [0, 0.05) is 30.2 Å². The van der Waals surface area contributed by atoms with E-state index in [2.05, 4.69) is 37.3 Å². The molecule has 0 saturated heterocycles. The van der Waals surface area contributed by atoms with E-state index < -0.39 is 17.2 Å². The average Bonchev–Trinajstić information content (AvgIpc) is 3.35. The number of hydrogen-bond donors (Lipinski definition) is 3. The maximum absolute atomic E-state index is 12.3. The molecule has 1 aliphatic rings. The predicted molar refractivity (Wildman–Crippen MR) is 105 cm³/mol. The van der Waals surface area contributed by atoms with Gasteiger partial charge in [0.25, 0.3) is 11.5 Å². The molecule has 10 heteroatoms. The summed E-state index contributed by atoms with van der Waals surface area (Å²) in [7, 11) is 0. The second-order valence-corrected chi connectivity index (χ2v) is 7.10. The lowest BCUT2D eigenvalue weighted by atomic mass is 10.1. The van der Waals surface area contributed by atoms with Crippen LogP contribution >= 0.6 is 11.5 Å². The van der Waals surface area contributed by atoms with Gasteiger partial charge in [-0.15, -0.1) is 5.10 Å². The highest BCUT2D eigenvalue weighted by Gasteiger charge is 2.12. The van der Waals surface area contributed by atoms with Crippen LogP contribution in [-0.2, 0) is 19.4 Å². The summed E-state index contributed by atoms with van der Waals surface area (Å²) in [6, 6.07) is 7.40. The van der Waals surface area contributed by atoms with Crippen LogP contribution < -0.4 is 21.9 Å². The first-order valence-electron chi connectivity index (χ1n) is 8.88. The normalized spacial score (nSPS) is 12.6. The van der Waals surface area contributed by atoms with Gasteiger partial charge in [0.05, 0.1) is 0 Å². The number of nitrogens with one attached hydrogen (secondary N) is 3. The number of aromatic nitrogens is 4. The van der Waals surface area contributed by atoms with Crippen LogP contribution in [0.3, 0.4) is 0 Å². The molecule has 9 nitrogen and oxygen atoms in total. The number of H-pyrrole nitrogens is 1. The number of fused-ring (bicyclic) bond motifs is 1. The standard InChI is InChI=1S/C18H18N6O3S/c25-16-9-15(20-13-5-4-11-2-1-3-12(11)8-13)21-18(27)24(16)7-6-19-17(26)14-10-28-23-22-14/h4-5,8-10,20H,1-3,6-7H2,(H,19,26)(H,21,27). The summed E-state index contributed by atoms with van der Waals surface area (Å²) in [4.78, 5) is 39.1. The van der Waals surface area contributed by atoms with Crippen molar-refractivity contribution in [3.05, 3.63) is 67.3 Å². The number of anilines is 2. The van der Waals surface area contributed by atoms with Gasteiger partial charge in [0.15, 0.2) is 5.69 Å². The molecular weight excluding hydrogens is 380 g/mol. The van der Waals surface area contributed by atoms with Crippen LogP contribution in [0, 0.1) is 0 Å². The number of benzene rings is 1. The van der Waals surface area contributed by atoms with Gasteiger partial charge in [-0.25, -0.2) is 4.79 Å². The molecule has 0 atom stereocenters. The molecule has 0 saturated carbocycles. The molecule has 0 spiro atoms. The Labute approximate surface area is 163 Å². The summed E-state index contributed by atoms with van der Waals surface area (Å²) in [5, 5.41) is 10.9. The minimum atomic E-state index is -0.541. The lowest BCUT2D eigenvalue weighted by molar-refractivity contribution is 0.0947. The van der Waals surface area contributed by atoms with Crippen LogP contribution in [0.15, 0.2) is 39.2 Å². The van der Waals surface area contributed by atoms with Gasteiger partial charge < -0.3 is 10.6 Å². The van der Waals surface area contributed by atoms with Gasteiger partial charge in [0.1, 0.15) is 5.82 Å². The largest absolute Gasteiger partial charge is 0.349 e. The van der Waals surface area contributed by atoms with Crippen molar-refractivity contribution < 1.29 is 4.79 Å². The van der Waals surface area contributed by atoms with Gasteiger partial charge >= 0.3 is 5.69 Å². The Morgan fingerprint density at radius 1 is 1.21 bits per heavy atom. The second kappa shape index (κ2) is 7.77. The molecule has 3 aromatic rings. The Morgan fingerprint density at radius 2 is 2.07 bits per heavy atom. The zero-order valence-electron chi connectivity index (χ0n) is 14.9. The Kier molecular flexibility index (Phi) is 5.02. The zero-order valence-corrected chi connectivity index (χ0v) is 15.7. The molecule has 28 heavy (non-hydrogen) atoms. The fourth-order valence-corrected chi connectivity index (χ4v) is 3.68. The molecular formula is C18H18N6O3S. The van der Waals surface area contributed by atoms with Crippen LogP contribution in [0.2, 0.25) is 0 Å². The maximum atomic E-state index is 12.3. The molecule has 2 heterocycles. The van der Waals surface area contributed by atoms with Crippen molar-refractivity contribution in [1.82, 2.24) is 24.5 Å². The number of aryl methyl sites for hydroxylation is 2.